The molecule has 0 saturated heterocycles. The van der Waals surface area contributed by atoms with Crippen molar-refractivity contribution in [3.63, 3.8) is 0 Å². The van der Waals surface area contributed by atoms with Gasteiger partial charge in [-0.2, -0.15) is 0 Å². The average molecular weight is 287 g/mol. The van der Waals surface area contributed by atoms with E-state index in [0.717, 1.165) is 0 Å². The predicted molar refractivity (Wildman–Crippen MR) is 53.4 cm³/mol. The molecule has 14 heavy (non-hydrogen) atoms. The van der Waals surface area contributed by atoms with Crippen molar-refractivity contribution in [1.29, 1.82) is 0 Å². The topological polar surface area (TPSA) is 22.1 Å². The van der Waals surface area contributed by atoms with E-state index in [4.69, 9.17) is 16.3 Å². The summed E-state index contributed by atoms with van der Waals surface area (Å²) in [5, 5.41) is 0.509. The SMILES string of the molecule is COc1nc(C(F)F)c(CBr)cc1Cl. The third kappa shape index (κ3) is 2.33. The maximum atomic E-state index is 12.5. The van der Waals surface area contributed by atoms with Crippen molar-refractivity contribution in [2.24, 2.45) is 0 Å². The van der Waals surface area contributed by atoms with E-state index in [1.807, 2.05) is 0 Å². The van der Waals surface area contributed by atoms with Crippen molar-refractivity contribution < 1.29 is 13.5 Å². The Balaban J connectivity index is 3.25. The molecule has 0 aliphatic heterocycles. The van der Waals surface area contributed by atoms with Gasteiger partial charge in [0.2, 0.25) is 5.88 Å². The van der Waals surface area contributed by atoms with Gasteiger partial charge < -0.3 is 4.74 Å². The lowest BCUT2D eigenvalue weighted by Gasteiger charge is -2.09. The maximum Gasteiger partial charge on any atom is 0.280 e. The summed E-state index contributed by atoms with van der Waals surface area (Å²) in [6.07, 6.45) is -2.63. The molecule has 0 saturated carbocycles. The minimum absolute atomic E-state index is 0.0201. The number of rotatable bonds is 3. The molecular weight excluding hydrogens is 279 g/mol. The quantitative estimate of drug-likeness (QED) is 0.792. The Morgan fingerprint density at radius 2 is 2.29 bits per heavy atom. The summed E-state index contributed by atoms with van der Waals surface area (Å²) < 4.78 is 29.7. The van der Waals surface area contributed by atoms with Crippen LogP contribution < -0.4 is 4.74 Å². The Hall–Kier alpha value is -0.420. The standard InChI is InChI=1S/C8H7BrClF2NO/c1-14-8-5(10)2-4(3-9)6(13-8)7(11)12/h2,7H,3H2,1H3. The summed E-state index contributed by atoms with van der Waals surface area (Å²) in [4.78, 5) is 3.63. The van der Waals surface area contributed by atoms with Crippen LogP contribution in [0.1, 0.15) is 17.7 Å². The van der Waals surface area contributed by atoms with Gasteiger partial charge >= 0.3 is 0 Å². The number of nitrogens with zero attached hydrogens (tertiary/aromatic N) is 1. The number of alkyl halides is 3. The van der Waals surface area contributed by atoms with Gasteiger partial charge in [0.25, 0.3) is 6.43 Å². The summed E-state index contributed by atoms with van der Waals surface area (Å²) in [5.74, 6) is 0.0201. The van der Waals surface area contributed by atoms with Crippen molar-refractivity contribution in [1.82, 2.24) is 4.98 Å². The zero-order valence-electron chi connectivity index (χ0n) is 7.23. The van der Waals surface area contributed by atoms with Crippen LogP contribution in [0.15, 0.2) is 6.07 Å². The van der Waals surface area contributed by atoms with E-state index in [0.29, 0.717) is 5.56 Å². The van der Waals surface area contributed by atoms with Crippen LogP contribution >= 0.6 is 27.5 Å². The Labute approximate surface area is 93.4 Å². The van der Waals surface area contributed by atoms with Crippen LogP contribution in [0.3, 0.4) is 0 Å². The number of hydrogen-bond donors (Lipinski definition) is 0. The zero-order chi connectivity index (χ0) is 10.7. The van der Waals surface area contributed by atoms with E-state index in [9.17, 15) is 8.78 Å². The summed E-state index contributed by atoms with van der Waals surface area (Å²) in [7, 11) is 1.33. The van der Waals surface area contributed by atoms with Crippen LogP contribution in [0.25, 0.3) is 0 Å². The number of hydrogen-bond acceptors (Lipinski definition) is 2. The van der Waals surface area contributed by atoms with Crippen molar-refractivity contribution in [3.8, 4) is 5.88 Å². The van der Waals surface area contributed by atoms with Crippen LogP contribution in [0.5, 0.6) is 5.88 Å². The second kappa shape index (κ2) is 4.89. The van der Waals surface area contributed by atoms with Gasteiger partial charge in [-0.15, -0.1) is 0 Å². The maximum absolute atomic E-state index is 12.5. The van der Waals surface area contributed by atoms with Gasteiger partial charge in [0, 0.05) is 5.33 Å². The molecule has 0 spiro atoms. The van der Waals surface area contributed by atoms with Crippen LogP contribution in [-0.4, -0.2) is 12.1 Å². The molecule has 2 nitrogen and oxygen atoms in total. The van der Waals surface area contributed by atoms with Gasteiger partial charge in [-0.3, -0.25) is 0 Å². The van der Waals surface area contributed by atoms with E-state index in [2.05, 4.69) is 20.9 Å². The van der Waals surface area contributed by atoms with Gasteiger partial charge in [-0.25, -0.2) is 13.8 Å². The first kappa shape index (κ1) is 11.7. The van der Waals surface area contributed by atoms with Gasteiger partial charge in [0.05, 0.1) is 7.11 Å². The fourth-order valence-electron chi connectivity index (χ4n) is 0.962. The molecular formula is C8H7BrClF2NO. The lowest BCUT2D eigenvalue weighted by molar-refractivity contribution is 0.144. The molecule has 0 aliphatic carbocycles. The number of aromatic nitrogens is 1. The zero-order valence-corrected chi connectivity index (χ0v) is 9.57. The molecule has 0 bridgehead atoms. The second-order valence-corrected chi connectivity index (χ2v) is 3.43. The molecule has 1 rings (SSSR count). The summed E-state index contributed by atoms with van der Waals surface area (Å²) >= 11 is 8.82. The van der Waals surface area contributed by atoms with Gasteiger partial charge in [0.1, 0.15) is 10.7 Å². The molecule has 1 aromatic rings. The van der Waals surface area contributed by atoms with Gasteiger partial charge in [-0.1, -0.05) is 27.5 Å². The highest BCUT2D eigenvalue weighted by molar-refractivity contribution is 9.08. The Morgan fingerprint density at radius 1 is 1.64 bits per heavy atom. The van der Waals surface area contributed by atoms with Crippen molar-refractivity contribution in [2.75, 3.05) is 7.11 Å². The number of ether oxygens (including phenoxy) is 1. The molecule has 1 aromatic heterocycles. The minimum atomic E-state index is -2.63. The molecule has 0 unspecified atom stereocenters. The molecule has 0 radical (unpaired) electrons. The molecule has 0 atom stereocenters. The number of methoxy groups -OCH3 is 1. The number of halogens is 4. The molecule has 6 heteroatoms. The number of pyridine rings is 1. The summed E-state index contributed by atoms with van der Waals surface area (Å²) in [5.41, 5.74) is 0.0638. The van der Waals surface area contributed by atoms with Crippen LogP contribution in [0.2, 0.25) is 5.02 Å². The van der Waals surface area contributed by atoms with Crippen molar-refractivity contribution >= 4 is 27.5 Å². The van der Waals surface area contributed by atoms with Crippen molar-refractivity contribution in [2.45, 2.75) is 11.8 Å². The molecule has 0 fully saturated rings. The highest BCUT2D eigenvalue weighted by atomic mass is 79.9. The lowest BCUT2D eigenvalue weighted by atomic mass is 10.2. The summed E-state index contributed by atoms with van der Waals surface area (Å²) in [6, 6.07) is 1.42. The second-order valence-electron chi connectivity index (χ2n) is 2.46. The third-order valence-electron chi connectivity index (χ3n) is 1.60. The van der Waals surface area contributed by atoms with Gasteiger partial charge in [0.15, 0.2) is 0 Å². The highest BCUT2D eigenvalue weighted by Crippen LogP contribution is 2.30. The molecule has 0 N–H and O–H groups in total. The monoisotopic (exact) mass is 285 g/mol. The largest absolute Gasteiger partial charge is 0.480 e. The van der Waals surface area contributed by atoms with Crippen LogP contribution in [0, 0.1) is 0 Å². The van der Waals surface area contributed by atoms with E-state index in [1.165, 1.54) is 13.2 Å². The predicted octanol–water partition coefficient (Wildman–Crippen LogP) is 3.58. The first-order valence-corrected chi connectivity index (χ1v) is 5.17. The Bertz CT molecular complexity index is 335. The molecule has 1 heterocycles. The van der Waals surface area contributed by atoms with E-state index < -0.39 is 6.43 Å². The molecule has 0 amide bonds. The van der Waals surface area contributed by atoms with Crippen LogP contribution in [0.4, 0.5) is 8.78 Å². The summed E-state index contributed by atoms with van der Waals surface area (Å²) in [6.45, 7) is 0. The fourth-order valence-corrected chi connectivity index (χ4v) is 1.66. The molecule has 78 valence electrons. The highest BCUT2D eigenvalue weighted by Gasteiger charge is 2.17. The average Bonchev–Trinajstić information content (AvgIpc) is 2.16. The van der Waals surface area contributed by atoms with Crippen molar-refractivity contribution in [3.05, 3.63) is 22.3 Å². The third-order valence-corrected chi connectivity index (χ3v) is 2.48. The normalized spacial score (nSPS) is 10.7. The van der Waals surface area contributed by atoms with E-state index >= 15 is 0 Å². The smallest absolute Gasteiger partial charge is 0.280 e. The Kier molecular flexibility index (Phi) is 4.07. The first-order chi connectivity index (χ1) is 6.60. The van der Waals surface area contributed by atoms with E-state index in [-0.39, 0.29) is 21.9 Å². The molecule has 0 aromatic carbocycles. The Morgan fingerprint density at radius 3 is 2.71 bits per heavy atom. The fraction of sp³-hybridized carbons (Fsp3) is 0.375. The van der Waals surface area contributed by atoms with E-state index in [1.54, 1.807) is 0 Å². The molecule has 0 aliphatic rings. The van der Waals surface area contributed by atoms with Gasteiger partial charge in [-0.05, 0) is 11.6 Å². The first-order valence-electron chi connectivity index (χ1n) is 3.67. The van der Waals surface area contributed by atoms with Crippen LogP contribution in [-0.2, 0) is 5.33 Å². The minimum Gasteiger partial charge on any atom is -0.480 e. The lowest BCUT2D eigenvalue weighted by Crippen LogP contribution is -2.00.